The Morgan fingerprint density at radius 1 is 1.00 bits per heavy atom. The first-order chi connectivity index (χ1) is 11.3. The first-order valence-corrected chi connectivity index (χ1v) is 6.74. The summed E-state index contributed by atoms with van der Waals surface area (Å²) in [5, 5.41) is 4.69. The topological polar surface area (TPSA) is 67.4 Å². The van der Waals surface area contributed by atoms with Crippen LogP contribution >= 0.6 is 0 Å². The average Bonchev–Trinajstić information content (AvgIpc) is 2.54. The molecule has 24 heavy (non-hydrogen) atoms. The van der Waals surface area contributed by atoms with E-state index in [9.17, 15) is 22.8 Å². The van der Waals surface area contributed by atoms with Crippen LogP contribution in [0.1, 0.15) is 15.9 Å². The minimum atomic E-state index is -4.51. The molecule has 0 bridgehead atoms. The minimum Gasteiger partial charge on any atom is -0.465 e. The van der Waals surface area contributed by atoms with Gasteiger partial charge in [0.1, 0.15) is 0 Å². The van der Waals surface area contributed by atoms with E-state index >= 15 is 0 Å². The number of urea groups is 1. The Hall–Kier alpha value is -3.03. The number of alkyl halides is 3. The van der Waals surface area contributed by atoms with Gasteiger partial charge in [-0.15, -0.1) is 0 Å². The summed E-state index contributed by atoms with van der Waals surface area (Å²) in [5.74, 6) is -0.648. The molecule has 0 saturated carbocycles. The highest BCUT2D eigenvalue weighted by atomic mass is 19.4. The molecular formula is C16H13F3N2O3. The number of amides is 2. The van der Waals surface area contributed by atoms with Crippen LogP contribution < -0.4 is 10.6 Å². The normalized spacial score (nSPS) is 10.8. The van der Waals surface area contributed by atoms with E-state index in [1.807, 2.05) is 0 Å². The average molecular weight is 338 g/mol. The minimum absolute atomic E-state index is 0.0297. The number of carbonyl (C=O) groups is 2. The first kappa shape index (κ1) is 17.3. The number of methoxy groups -OCH3 is 1. The molecule has 0 aromatic heterocycles. The van der Waals surface area contributed by atoms with E-state index in [1.165, 1.54) is 31.4 Å². The highest BCUT2D eigenvalue weighted by Crippen LogP contribution is 2.30. The number of esters is 1. The van der Waals surface area contributed by atoms with E-state index < -0.39 is 23.7 Å². The number of carbonyl (C=O) groups excluding carboxylic acids is 2. The smallest absolute Gasteiger partial charge is 0.416 e. The molecule has 0 radical (unpaired) electrons. The molecule has 0 saturated heterocycles. The number of anilines is 2. The third kappa shape index (κ3) is 4.25. The lowest BCUT2D eigenvalue weighted by Crippen LogP contribution is -2.21. The van der Waals surface area contributed by atoms with Crippen molar-refractivity contribution < 1.29 is 27.5 Å². The molecule has 0 fully saturated rings. The maximum absolute atomic E-state index is 12.7. The number of hydrogen-bond donors (Lipinski definition) is 2. The Kier molecular flexibility index (Phi) is 5.08. The summed E-state index contributed by atoms with van der Waals surface area (Å²) in [5.41, 5.74) is -0.610. The summed E-state index contributed by atoms with van der Waals surface area (Å²) in [6.07, 6.45) is -4.51. The summed E-state index contributed by atoms with van der Waals surface area (Å²) in [6.45, 7) is 0. The number of benzene rings is 2. The zero-order valence-corrected chi connectivity index (χ0v) is 12.5. The summed E-state index contributed by atoms with van der Waals surface area (Å²) < 4.78 is 42.6. The second-order valence-electron chi connectivity index (χ2n) is 4.69. The lowest BCUT2D eigenvalue weighted by Gasteiger charge is -2.12. The van der Waals surface area contributed by atoms with Gasteiger partial charge in [0.25, 0.3) is 0 Å². The molecule has 2 aromatic rings. The van der Waals surface area contributed by atoms with Crippen molar-refractivity contribution in [2.75, 3.05) is 17.7 Å². The summed E-state index contributed by atoms with van der Waals surface area (Å²) >= 11 is 0. The molecule has 5 nitrogen and oxygen atoms in total. The fraction of sp³-hybridized carbons (Fsp3) is 0.125. The first-order valence-electron chi connectivity index (χ1n) is 6.74. The van der Waals surface area contributed by atoms with E-state index in [0.29, 0.717) is 0 Å². The molecule has 2 amide bonds. The Balaban J connectivity index is 2.14. The largest absolute Gasteiger partial charge is 0.465 e. The Bertz CT molecular complexity index is 760. The molecule has 8 heteroatoms. The van der Waals surface area contributed by atoms with E-state index in [4.69, 9.17) is 0 Å². The van der Waals surface area contributed by atoms with Crippen LogP contribution in [-0.2, 0) is 10.9 Å². The Labute approximate surface area is 135 Å². The maximum Gasteiger partial charge on any atom is 0.416 e. The SMILES string of the molecule is COC(=O)c1ccccc1NC(=O)Nc1cccc(C(F)(F)F)c1. The van der Waals surface area contributed by atoms with Gasteiger partial charge in [0.15, 0.2) is 0 Å². The molecule has 2 N–H and O–H groups in total. The molecule has 0 aliphatic carbocycles. The van der Waals surface area contributed by atoms with Gasteiger partial charge in [0.05, 0.1) is 23.9 Å². The monoisotopic (exact) mass is 338 g/mol. The van der Waals surface area contributed by atoms with Crippen LogP contribution in [0.5, 0.6) is 0 Å². The molecule has 0 aliphatic heterocycles. The van der Waals surface area contributed by atoms with Crippen LogP contribution in [0.15, 0.2) is 48.5 Å². The van der Waals surface area contributed by atoms with Crippen LogP contribution in [0.4, 0.5) is 29.3 Å². The van der Waals surface area contributed by atoms with Gasteiger partial charge < -0.3 is 15.4 Å². The number of ether oxygens (including phenoxy) is 1. The van der Waals surface area contributed by atoms with Gasteiger partial charge in [0, 0.05) is 5.69 Å². The molecule has 0 aliphatic rings. The fourth-order valence-electron chi connectivity index (χ4n) is 1.94. The van der Waals surface area contributed by atoms with Gasteiger partial charge >= 0.3 is 18.2 Å². The van der Waals surface area contributed by atoms with Crippen molar-refractivity contribution in [3.05, 3.63) is 59.7 Å². The lowest BCUT2D eigenvalue weighted by atomic mass is 10.2. The highest BCUT2D eigenvalue weighted by molar-refractivity contribution is 6.05. The number of rotatable bonds is 3. The van der Waals surface area contributed by atoms with Crippen LogP contribution in [-0.4, -0.2) is 19.1 Å². The van der Waals surface area contributed by atoms with Crippen LogP contribution in [0, 0.1) is 0 Å². The predicted molar refractivity (Wildman–Crippen MR) is 81.9 cm³/mol. The maximum atomic E-state index is 12.7. The van der Waals surface area contributed by atoms with Gasteiger partial charge in [0.2, 0.25) is 0 Å². The molecule has 2 aromatic carbocycles. The molecule has 0 spiro atoms. The number of hydrogen-bond acceptors (Lipinski definition) is 3. The quantitative estimate of drug-likeness (QED) is 0.827. The van der Waals surface area contributed by atoms with Gasteiger partial charge in [-0.2, -0.15) is 13.2 Å². The van der Waals surface area contributed by atoms with Crippen molar-refractivity contribution in [2.45, 2.75) is 6.18 Å². The Morgan fingerprint density at radius 3 is 2.38 bits per heavy atom. The second kappa shape index (κ2) is 7.03. The van der Waals surface area contributed by atoms with Gasteiger partial charge in [-0.25, -0.2) is 9.59 Å². The summed E-state index contributed by atoms with van der Waals surface area (Å²) in [4.78, 5) is 23.6. The van der Waals surface area contributed by atoms with Crippen molar-refractivity contribution in [3.63, 3.8) is 0 Å². The standard InChI is InChI=1S/C16H13F3N2O3/c1-24-14(22)12-7-2-3-8-13(12)21-15(23)20-11-6-4-5-10(9-11)16(17,18)19/h2-9H,1H3,(H2,20,21,23). The van der Waals surface area contributed by atoms with Gasteiger partial charge in [-0.1, -0.05) is 18.2 Å². The second-order valence-corrected chi connectivity index (χ2v) is 4.69. The molecular weight excluding hydrogens is 325 g/mol. The van der Waals surface area contributed by atoms with Gasteiger partial charge in [-0.3, -0.25) is 0 Å². The lowest BCUT2D eigenvalue weighted by molar-refractivity contribution is -0.137. The van der Waals surface area contributed by atoms with Crippen molar-refractivity contribution in [1.29, 1.82) is 0 Å². The van der Waals surface area contributed by atoms with E-state index in [2.05, 4.69) is 15.4 Å². The molecule has 2 rings (SSSR count). The number of para-hydroxylation sites is 1. The molecule has 126 valence electrons. The van der Waals surface area contributed by atoms with Crippen LogP contribution in [0.25, 0.3) is 0 Å². The summed E-state index contributed by atoms with van der Waals surface area (Å²) in [7, 11) is 1.20. The zero-order valence-electron chi connectivity index (χ0n) is 12.5. The highest BCUT2D eigenvalue weighted by Gasteiger charge is 2.30. The van der Waals surface area contributed by atoms with Gasteiger partial charge in [-0.05, 0) is 30.3 Å². The van der Waals surface area contributed by atoms with Crippen molar-refractivity contribution >= 4 is 23.4 Å². The van der Waals surface area contributed by atoms with E-state index in [-0.39, 0.29) is 16.9 Å². The molecule has 0 atom stereocenters. The number of nitrogens with one attached hydrogen (secondary N) is 2. The zero-order chi connectivity index (χ0) is 17.7. The third-order valence-corrected chi connectivity index (χ3v) is 3.03. The predicted octanol–water partition coefficient (Wildman–Crippen LogP) is 4.14. The van der Waals surface area contributed by atoms with Crippen molar-refractivity contribution in [1.82, 2.24) is 0 Å². The summed E-state index contributed by atoms with van der Waals surface area (Å²) in [6, 6.07) is 9.52. The third-order valence-electron chi connectivity index (χ3n) is 3.03. The van der Waals surface area contributed by atoms with Crippen LogP contribution in [0.3, 0.4) is 0 Å². The number of halogens is 3. The molecule has 0 heterocycles. The molecule has 0 unspecified atom stereocenters. The van der Waals surface area contributed by atoms with Crippen molar-refractivity contribution in [3.8, 4) is 0 Å². The van der Waals surface area contributed by atoms with E-state index in [1.54, 1.807) is 12.1 Å². The fourth-order valence-corrected chi connectivity index (χ4v) is 1.94. The van der Waals surface area contributed by atoms with Crippen LogP contribution in [0.2, 0.25) is 0 Å². The van der Waals surface area contributed by atoms with Crippen molar-refractivity contribution in [2.24, 2.45) is 0 Å². The van der Waals surface area contributed by atoms with E-state index in [0.717, 1.165) is 12.1 Å². The Morgan fingerprint density at radius 2 is 1.71 bits per heavy atom.